The van der Waals surface area contributed by atoms with Crippen LogP contribution in [0.2, 0.25) is 0 Å². The van der Waals surface area contributed by atoms with Crippen LogP contribution in [0.25, 0.3) is 11.1 Å². The van der Waals surface area contributed by atoms with E-state index in [2.05, 4.69) is 135 Å². The van der Waals surface area contributed by atoms with Crippen molar-refractivity contribution in [2.24, 2.45) is 10.2 Å². The SMILES string of the molecule is CC(C)(c1ccccc1)c1cccc(-c2cccc(N=Nc3ccccc3)c2)c1C(C)(C)c1ccccc1. The first kappa shape index (κ1) is 25.4. The van der Waals surface area contributed by atoms with E-state index < -0.39 is 0 Å². The minimum absolute atomic E-state index is 0.191. The molecule has 0 amide bonds. The molecular formula is C36H34N2. The average molecular weight is 495 g/mol. The fourth-order valence-corrected chi connectivity index (χ4v) is 5.34. The summed E-state index contributed by atoms with van der Waals surface area (Å²) >= 11 is 0. The Morgan fingerprint density at radius 1 is 0.447 bits per heavy atom. The molecule has 0 aliphatic rings. The van der Waals surface area contributed by atoms with Crippen LogP contribution < -0.4 is 0 Å². The number of rotatable bonds is 7. The van der Waals surface area contributed by atoms with Crippen LogP contribution in [-0.4, -0.2) is 0 Å². The third-order valence-corrected chi connectivity index (χ3v) is 7.55. The molecule has 0 aliphatic carbocycles. The summed E-state index contributed by atoms with van der Waals surface area (Å²) in [6, 6.07) is 46.6. The summed E-state index contributed by atoms with van der Waals surface area (Å²) in [6.07, 6.45) is 0. The second kappa shape index (κ2) is 10.6. The van der Waals surface area contributed by atoms with Crippen molar-refractivity contribution in [2.75, 3.05) is 0 Å². The van der Waals surface area contributed by atoms with E-state index >= 15 is 0 Å². The molecule has 0 saturated heterocycles. The first-order valence-electron chi connectivity index (χ1n) is 13.2. The molecule has 5 aromatic rings. The lowest BCUT2D eigenvalue weighted by Crippen LogP contribution is -2.29. The van der Waals surface area contributed by atoms with Crippen molar-refractivity contribution in [3.05, 3.63) is 156 Å². The molecule has 0 aromatic heterocycles. The highest BCUT2D eigenvalue weighted by Gasteiger charge is 2.35. The lowest BCUT2D eigenvalue weighted by Gasteiger charge is -2.37. The van der Waals surface area contributed by atoms with Crippen LogP contribution in [-0.2, 0) is 10.8 Å². The standard InChI is InChI=1S/C36H34N2/c1-35(2,28-17-8-5-9-18-28)33-25-15-24-32(34(33)36(3,4)29-19-10-6-11-20-29)27-16-14-23-31(26-27)38-37-30-21-12-7-13-22-30/h5-26H,1-4H3. The number of benzene rings is 5. The third-order valence-electron chi connectivity index (χ3n) is 7.55. The minimum atomic E-state index is -0.235. The van der Waals surface area contributed by atoms with E-state index in [9.17, 15) is 0 Å². The van der Waals surface area contributed by atoms with Gasteiger partial charge in [-0.3, -0.25) is 0 Å². The Bertz CT molecular complexity index is 1530. The van der Waals surface area contributed by atoms with Crippen LogP contribution in [0.1, 0.15) is 49.9 Å². The van der Waals surface area contributed by atoms with E-state index in [1.807, 2.05) is 36.4 Å². The lowest BCUT2D eigenvalue weighted by molar-refractivity contribution is 0.580. The van der Waals surface area contributed by atoms with Crippen molar-refractivity contribution in [3.8, 4) is 11.1 Å². The molecule has 0 unspecified atom stereocenters. The molecule has 5 aromatic carbocycles. The Balaban J connectivity index is 1.70. The van der Waals surface area contributed by atoms with E-state index in [0.29, 0.717) is 0 Å². The molecule has 5 rings (SSSR count). The zero-order chi connectivity index (χ0) is 26.6. The van der Waals surface area contributed by atoms with Crippen LogP contribution in [0, 0.1) is 0 Å². The van der Waals surface area contributed by atoms with Gasteiger partial charge in [0.15, 0.2) is 0 Å². The van der Waals surface area contributed by atoms with Gasteiger partial charge in [0.1, 0.15) is 0 Å². The van der Waals surface area contributed by atoms with Gasteiger partial charge in [0.2, 0.25) is 0 Å². The van der Waals surface area contributed by atoms with Gasteiger partial charge in [-0.05, 0) is 57.6 Å². The van der Waals surface area contributed by atoms with Gasteiger partial charge in [-0.2, -0.15) is 10.2 Å². The second-order valence-electron chi connectivity index (χ2n) is 10.8. The van der Waals surface area contributed by atoms with Crippen molar-refractivity contribution < 1.29 is 0 Å². The van der Waals surface area contributed by atoms with E-state index in [4.69, 9.17) is 0 Å². The summed E-state index contributed by atoms with van der Waals surface area (Å²) in [6.45, 7) is 9.34. The Morgan fingerprint density at radius 2 is 0.947 bits per heavy atom. The van der Waals surface area contributed by atoms with Gasteiger partial charge in [0.05, 0.1) is 11.4 Å². The predicted octanol–water partition coefficient (Wildman–Crippen LogP) is 10.4. The summed E-state index contributed by atoms with van der Waals surface area (Å²) < 4.78 is 0. The van der Waals surface area contributed by atoms with Crippen LogP contribution >= 0.6 is 0 Å². The van der Waals surface area contributed by atoms with Gasteiger partial charge in [-0.25, -0.2) is 0 Å². The molecule has 0 spiro atoms. The van der Waals surface area contributed by atoms with Crippen molar-refractivity contribution >= 4 is 11.4 Å². The predicted molar refractivity (Wildman–Crippen MR) is 160 cm³/mol. The maximum Gasteiger partial charge on any atom is 0.0863 e. The van der Waals surface area contributed by atoms with Crippen molar-refractivity contribution in [2.45, 2.75) is 38.5 Å². The normalized spacial score (nSPS) is 12.1. The van der Waals surface area contributed by atoms with Crippen molar-refractivity contribution in [1.82, 2.24) is 0 Å². The maximum atomic E-state index is 4.56. The molecule has 188 valence electrons. The highest BCUT2D eigenvalue weighted by atomic mass is 15.1. The van der Waals surface area contributed by atoms with Crippen molar-refractivity contribution in [1.29, 1.82) is 0 Å². The van der Waals surface area contributed by atoms with Gasteiger partial charge in [0, 0.05) is 10.8 Å². The van der Waals surface area contributed by atoms with E-state index in [0.717, 1.165) is 16.9 Å². The fourth-order valence-electron chi connectivity index (χ4n) is 5.34. The first-order valence-corrected chi connectivity index (χ1v) is 13.2. The largest absolute Gasteiger partial charge is 0.151 e. The maximum absolute atomic E-state index is 4.56. The highest BCUT2D eigenvalue weighted by molar-refractivity contribution is 5.75. The Hall–Kier alpha value is -4.30. The molecule has 2 nitrogen and oxygen atoms in total. The molecule has 0 aliphatic heterocycles. The topological polar surface area (TPSA) is 24.7 Å². The molecule has 0 bridgehead atoms. The van der Waals surface area contributed by atoms with Gasteiger partial charge in [-0.1, -0.05) is 137 Å². The lowest BCUT2D eigenvalue weighted by atomic mass is 9.66. The number of azo groups is 1. The van der Waals surface area contributed by atoms with Crippen molar-refractivity contribution in [3.63, 3.8) is 0 Å². The molecule has 0 fully saturated rings. The highest BCUT2D eigenvalue weighted by Crippen LogP contribution is 2.46. The minimum Gasteiger partial charge on any atom is -0.151 e. The Kier molecular flexibility index (Phi) is 7.07. The monoisotopic (exact) mass is 494 g/mol. The third kappa shape index (κ3) is 5.08. The molecule has 2 heteroatoms. The van der Waals surface area contributed by atoms with E-state index in [-0.39, 0.29) is 10.8 Å². The van der Waals surface area contributed by atoms with Crippen LogP contribution in [0.15, 0.2) is 144 Å². The average Bonchev–Trinajstić information content (AvgIpc) is 2.97. The Labute approximate surface area is 226 Å². The zero-order valence-corrected chi connectivity index (χ0v) is 22.6. The van der Waals surface area contributed by atoms with Gasteiger partial charge in [-0.15, -0.1) is 0 Å². The fraction of sp³-hybridized carbons (Fsp3) is 0.167. The number of nitrogens with zero attached hydrogens (tertiary/aromatic N) is 2. The molecule has 38 heavy (non-hydrogen) atoms. The molecule has 0 heterocycles. The smallest absolute Gasteiger partial charge is 0.0863 e. The van der Waals surface area contributed by atoms with Crippen LogP contribution in [0.3, 0.4) is 0 Å². The van der Waals surface area contributed by atoms with Crippen LogP contribution in [0.5, 0.6) is 0 Å². The van der Waals surface area contributed by atoms with Gasteiger partial charge in [0.25, 0.3) is 0 Å². The molecule has 0 radical (unpaired) electrons. The summed E-state index contributed by atoms with van der Waals surface area (Å²) in [7, 11) is 0. The molecule has 0 N–H and O–H groups in total. The van der Waals surface area contributed by atoms with Gasteiger partial charge < -0.3 is 0 Å². The zero-order valence-electron chi connectivity index (χ0n) is 22.6. The summed E-state index contributed by atoms with van der Waals surface area (Å²) in [5.41, 5.74) is 8.85. The van der Waals surface area contributed by atoms with E-state index in [1.165, 1.54) is 27.8 Å². The number of hydrogen-bond acceptors (Lipinski definition) is 2. The second-order valence-corrected chi connectivity index (χ2v) is 10.8. The summed E-state index contributed by atoms with van der Waals surface area (Å²) in [4.78, 5) is 0. The van der Waals surface area contributed by atoms with Crippen LogP contribution in [0.4, 0.5) is 11.4 Å². The molecular weight excluding hydrogens is 460 g/mol. The molecule has 0 atom stereocenters. The summed E-state index contributed by atoms with van der Waals surface area (Å²) in [5, 5.41) is 9.01. The van der Waals surface area contributed by atoms with Gasteiger partial charge >= 0.3 is 0 Å². The number of hydrogen-bond donors (Lipinski definition) is 0. The Morgan fingerprint density at radius 3 is 1.58 bits per heavy atom. The first-order chi connectivity index (χ1) is 18.4. The quantitative estimate of drug-likeness (QED) is 0.201. The summed E-state index contributed by atoms with van der Waals surface area (Å²) in [5.74, 6) is 0. The molecule has 0 saturated carbocycles. The van der Waals surface area contributed by atoms with E-state index in [1.54, 1.807) is 0 Å².